The van der Waals surface area contributed by atoms with Crippen LogP contribution in [0.5, 0.6) is 0 Å². The standard InChI is InChI=1S/C11H15ClN4O/c1-6-4-8(7(2)17-6)10(15-13)11-9(12)5-14-16(11)3/h4-5,10,15H,13H2,1-3H3. The smallest absolute Gasteiger partial charge is 0.106 e. The summed E-state index contributed by atoms with van der Waals surface area (Å²) >= 11 is 6.12. The van der Waals surface area contributed by atoms with Crippen LogP contribution in [0.4, 0.5) is 0 Å². The highest BCUT2D eigenvalue weighted by Gasteiger charge is 2.23. The number of furan rings is 1. The number of aromatic nitrogens is 2. The number of halogens is 1. The van der Waals surface area contributed by atoms with Crippen LogP contribution in [-0.2, 0) is 7.05 Å². The van der Waals surface area contributed by atoms with E-state index in [0.717, 1.165) is 22.8 Å². The zero-order chi connectivity index (χ0) is 12.6. The lowest BCUT2D eigenvalue weighted by Gasteiger charge is -2.16. The third kappa shape index (κ3) is 2.09. The Morgan fingerprint density at radius 3 is 2.65 bits per heavy atom. The van der Waals surface area contributed by atoms with Crippen molar-refractivity contribution >= 4 is 11.6 Å². The molecule has 6 heteroatoms. The van der Waals surface area contributed by atoms with Crippen molar-refractivity contribution in [2.45, 2.75) is 19.9 Å². The normalized spacial score (nSPS) is 13.0. The number of hydrogen-bond acceptors (Lipinski definition) is 4. The maximum absolute atomic E-state index is 6.12. The summed E-state index contributed by atoms with van der Waals surface area (Å²) in [6.45, 7) is 3.80. The lowest BCUT2D eigenvalue weighted by atomic mass is 10.0. The molecule has 0 amide bonds. The second-order valence-electron chi connectivity index (χ2n) is 3.97. The summed E-state index contributed by atoms with van der Waals surface area (Å²) in [6.07, 6.45) is 1.60. The maximum Gasteiger partial charge on any atom is 0.106 e. The fourth-order valence-electron chi connectivity index (χ4n) is 2.00. The predicted molar refractivity (Wildman–Crippen MR) is 65.6 cm³/mol. The first-order valence-corrected chi connectivity index (χ1v) is 5.62. The van der Waals surface area contributed by atoms with Crippen LogP contribution in [0.25, 0.3) is 0 Å². The highest BCUT2D eigenvalue weighted by Crippen LogP contribution is 2.30. The first kappa shape index (κ1) is 12.2. The fraction of sp³-hybridized carbons (Fsp3) is 0.364. The van der Waals surface area contributed by atoms with Crippen LogP contribution < -0.4 is 11.3 Å². The number of nitrogens with zero attached hydrogens (tertiary/aromatic N) is 2. The van der Waals surface area contributed by atoms with Gasteiger partial charge in [0.1, 0.15) is 11.5 Å². The molecule has 0 radical (unpaired) electrons. The topological polar surface area (TPSA) is 69.0 Å². The van der Waals surface area contributed by atoms with E-state index in [2.05, 4.69) is 10.5 Å². The summed E-state index contributed by atoms with van der Waals surface area (Å²) < 4.78 is 7.21. The first-order chi connectivity index (χ1) is 8.04. The molecule has 2 rings (SSSR count). The molecule has 1 atom stereocenters. The molecular weight excluding hydrogens is 240 g/mol. The monoisotopic (exact) mass is 254 g/mol. The van der Waals surface area contributed by atoms with Crippen LogP contribution in [-0.4, -0.2) is 9.78 Å². The van der Waals surface area contributed by atoms with Crippen LogP contribution in [0.2, 0.25) is 5.02 Å². The van der Waals surface area contributed by atoms with Gasteiger partial charge in [-0.1, -0.05) is 11.6 Å². The van der Waals surface area contributed by atoms with Gasteiger partial charge in [-0.05, 0) is 19.9 Å². The second kappa shape index (κ2) is 4.52. The van der Waals surface area contributed by atoms with E-state index in [1.807, 2.05) is 27.0 Å². The molecule has 0 bridgehead atoms. The molecule has 0 saturated carbocycles. The summed E-state index contributed by atoms with van der Waals surface area (Å²) in [6, 6.07) is 1.72. The number of hydrazine groups is 1. The van der Waals surface area contributed by atoms with Gasteiger partial charge in [0.15, 0.2) is 0 Å². The van der Waals surface area contributed by atoms with Crippen molar-refractivity contribution in [3.05, 3.63) is 40.1 Å². The molecule has 2 aromatic rings. The van der Waals surface area contributed by atoms with Crippen molar-refractivity contribution in [2.24, 2.45) is 12.9 Å². The van der Waals surface area contributed by atoms with Crippen molar-refractivity contribution in [1.29, 1.82) is 0 Å². The lowest BCUT2D eigenvalue weighted by Crippen LogP contribution is -2.30. The maximum atomic E-state index is 6.12. The van der Waals surface area contributed by atoms with E-state index in [0.29, 0.717) is 5.02 Å². The van der Waals surface area contributed by atoms with Crippen LogP contribution in [0.3, 0.4) is 0 Å². The number of nitrogens with two attached hydrogens (primary N) is 1. The average Bonchev–Trinajstić information content (AvgIpc) is 2.76. The zero-order valence-electron chi connectivity index (χ0n) is 9.99. The Hall–Kier alpha value is -1.30. The quantitative estimate of drug-likeness (QED) is 0.648. The molecular formula is C11H15ClN4O. The molecule has 0 aliphatic heterocycles. The number of rotatable bonds is 3. The molecule has 0 aliphatic rings. The summed E-state index contributed by atoms with van der Waals surface area (Å²) in [5.74, 6) is 7.29. The predicted octanol–water partition coefficient (Wildman–Crippen LogP) is 1.84. The van der Waals surface area contributed by atoms with E-state index in [4.69, 9.17) is 21.9 Å². The first-order valence-electron chi connectivity index (χ1n) is 5.25. The van der Waals surface area contributed by atoms with Gasteiger partial charge in [0.2, 0.25) is 0 Å². The molecule has 0 saturated heterocycles. The van der Waals surface area contributed by atoms with E-state index < -0.39 is 0 Å². The molecule has 2 aromatic heterocycles. The van der Waals surface area contributed by atoms with Crippen molar-refractivity contribution < 1.29 is 4.42 Å². The summed E-state index contributed by atoms with van der Waals surface area (Å²) in [7, 11) is 1.83. The van der Waals surface area contributed by atoms with Gasteiger partial charge >= 0.3 is 0 Å². The Bertz CT molecular complexity index is 512. The van der Waals surface area contributed by atoms with E-state index in [-0.39, 0.29) is 6.04 Å². The Balaban J connectivity index is 2.51. The van der Waals surface area contributed by atoms with E-state index in [1.54, 1.807) is 10.9 Å². The Morgan fingerprint density at radius 2 is 2.24 bits per heavy atom. The molecule has 3 N–H and O–H groups in total. The number of nitrogens with one attached hydrogen (secondary N) is 1. The van der Waals surface area contributed by atoms with E-state index in [9.17, 15) is 0 Å². The highest BCUT2D eigenvalue weighted by molar-refractivity contribution is 6.31. The third-order valence-corrected chi connectivity index (χ3v) is 3.06. The van der Waals surface area contributed by atoms with Gasteiger partial charge < -0.3 is 4.42 Å². The van der Waals surface area contributed by atoms with Crippen molar-refractivity contribution in [1.82, 2.24) is 15.2 Å². The Kier molecular flexibility index (Phi) is 3.24. The molecule has 0 spiro atoms. The van der Waals surface area contributed by atoms with Crippen LogP contribution in [0.15, 0.2) is 16.7 Å². The van der Waals surface area contributed by atoms with Crippen LogP contribution >= 0.6 is 11.6 Å². The molecule has 0 aromatic carbocycles. The van der Waals surface area contributed by atoms with Gasteiger partial charge in [-0.3, -0.25) is 10.5 Å². The Labute approximate surface area is 105 Å². The fourth-order valence-corrected chi connectivity index (χ4v) is 2.27. The van der Waals surface area contributed by atoms with E-state index >= 15 is 0 Å². The third-order valence-electron chi connectivity index (χ3n) is 2.77. The van der Waals surface area contributed by atoms with Crippen LogP contribution in [0.1, 0.15) is 28.8 Å². The van der Waals surface area contributed by atoms with Crippen molar-refractivity contribution in [2.75, 3.05) is 0 Å². The van der Waals surface area contributed by atoms with E-state index in [1.165, 1.54) is 0 Å². The van der Waals surface area contributed by atoms with Gasteiger partial charge in [0, 0.05) is 12.6 Å². The highest BCUT2D eigenvalue weighted by atomic mass is 35.5. The molecule has 0 aliphatic carbocycles. The van der Waals surface area contributed by atoms with Gasteiger partial charge in [-0.2, -0.15) is 5.10 Å². The molecule has 5 nitrogen and oxygen atoms in total. The zero-order valence-corrected chi connectivity index (χ0v) is 10.7. The minimum absolute atomic E-state index is 0.229. The minimum Gasteiger partial charge on any atom is -0.466 e. The van der Waals surface area contributed by atoms with Crippen molar-refractivity contribution in [3.63, 3.8) is 0 Å². The molecule has 1 unspecified atom stereocenters. The molecule has 0 fully saturated rings. The van der Waals surface area contributed by atoms with Gasteiger partial charge in [0.25, 0.3) is 0 Å². The molecule has 2 heterocycles. The second-order valence-corrected chi connectivity index (χ2v) is 4.38. The van der Waals surface area contributed by atoms with Gasteiger partial charge in [-0.25, -0.2) is 5.43 Å². The lowest BCUT2D eigenvalue weighted by molar-refractivity contribution is 0.491. The number of hydrogen-bond donors (Lipinski definition) is 2. The van der Waals surface area contributed by atoms with Gasteiger partial charge in [0.05, 0.1) is 23.0 Å². The molecule has 92 valence electrons. The largest absolute Gasteiger partial charge is 0.466 e. The summed E-state index contributed by atoms with van der Waals surface area (Å²) in [5.41, 5.74) is 4.54. The average molecular weight is 255 g/mol. The molecule has 17 heavy (non-hydrogen) atoms. The minimum atomic E-state index is -0.229. The van der Waals surface area contributed by atoms with Crippen molar-refractivity contribution in [3.8, 4) is 0 Å². The SMILES string of the molecule is Cc1cc(C(NN)c2c(Cl)cnn2C)c(C)o1. The van der Waals surface area contributed by atoms with Gasteiger partial charge in [-0.15, -0.1) is 0 Å². The summed E-state index contributed by atoms with van der Waals surface area (Å²) in [4.78, 5) is 0. The van der Waals surface area contributed by atoms with Crippen LogP contribution in [0, 0.1) is 13.8 Å². The summed E-state index contributed by atoms with van der Waals surface area (Å²) in [5, 5.41) is 4.68. The Morgan fingerprint density at radius 1 is 1.53 bits per heavy atom. The number of aryl methyl sites for hydroxylation is 3.